The minimum atomic E-state index is -0.321. The molecule has 13 heavy (non-hydrogen) atoms. The summed E-state index contributed by atoms with van der Waals surface area (Å²) in [6, 6.07) is 0. The van der Waals surface area contributed by atoms with E-state index in [9.17, 15) is 4.79 Å². The molecule has 0 heterocycles. The van der Waals surface area contributed by atoms with E-state index >= 15 is 0 Å². The Balaban J connectivity index is 3.34. The fraction of sp³-hybridized carbons (Fsp3) is 0.875. The van der Waals surface area contributed by atoms with E-state index in [4.69, 9.17) is 10.2 Å². The molecule has 0 radical (unpaired) electrons. The lowest BCUT2D eigenvalue weighted by Crippen LogP contribution is -2.25. The predicted molar refractivity (Wildman–Crippen MR) is 47.2 cm³/mol. The molecule has 0 atom stereocenters. The molecule has 5 heteroatoms. The molecule has 2 N–H and O–H groups in total. The zero-order valence-corrected chi connectivity index (χ0v) is 7.90. The molecule has 0 aliphatic heterocycles. The van der Waals surface area contributed by atoms with Crippen LogP contribution in [0.25, 0.3) is 0 Å². The number of likely N-dealkylation sites (N-methyl/N-ethyl adjacent to an activating group) is 1. The summed E-state index contributed by atoms with van der Waals surface area (Å²) < 4.78 is 4.64. The first-order chi connectivity index (χ1) is 6.20. The number of nitrogens with zero attached hydrogens (tertiary/aromatic N) is 1. The number of aliphatic hydroxyl groups is 2. The number of hydrogen-bond donors (Lipinski definition) is 2. The van der Waals surface area contributed by atoms with Gasteiger partial charge in [-0.1, -0.05) is 0 Å². The van der Waals surface area contributed by atoms with E-state index in [1.54, 1.807) is 0 Å². The highest BCUT2D eigenvalue weighted by molar-refractivity contribution is 5.69. The maximum Gasteiger partial charge on any atom is 0.307 e. The van der Waals surface area contributed by atoms with Crippen LogP contribution in [0.15, 0.2) is 0 Å². The third kappa shape index (κ3) is 7.70. The largest absolute Gasteiger partial charge is 0.463 e. The van der Waals surface area contributed by atoms with E-state index in [1.807, 2.05) is 11.9 Å². The minimum Gasteiger partial charge on any atom is -0.463 e. The number of ether oxygens (including phenoxy) is 1. The van der Waals surface area contributed by atoms with E-state index in [1.165, 1.54) is 0 Å². The summed E-state index contributed by atoms with van der Waals surface area (Å²) in [7, 11) is 1.82. The monoisotopic (exact) mass is 191 g/mol. The van der Waals surface area contributed by atoms with Gasteiger partial charge in [-0.05, 0) is 7.05 Å². The Morgan fingerprint density at radius 1 is 1.31 bits per heavy atom. The molecule has 0 aliphatic rings. The Morgan fingerprint density at radius 3 is 2.54 bits per heavy atom. The smallest absolute Gasteiger partial charge is 0.307 e. The van der Waals surface area contributed by atoms with Gasteiger partial charge < -0.3 is 19.8 Å². The quantitative estimate of drug-likeness (QED) is 0.496. The Labute approximate surface area is 77.9 Å². The highest BCUT2D eigenvalue weighted by Crippen LogP contribution is 1.90. The van der Waals surface area contributed by atoms with Crippen molar-refractivity contribution >= 4 is 5.97 Å². The summed E-state index contributed by atoms with van der Waals surface area (Å²) in [5.41, 5.74) is 0. The van der Waals surface area contributed by atoms with E-state index < -0.39 is 0 Å². The maximum absolute atomic E-state index is 10.9. The van der Waals surface area contributed by atoms with Crippen LogP contribution in [0.5, 0.6) is 0 Å². The lowest BCUT2D eigenvalue weighted by atomic mass is 10.4. The summed E-state index contributed by atoms with van der Waals surface area (Å²) in [6.45, 7) is 1.11. The van der Waals surface area contributed by atoms with E-state index in [0.717, 1.165) is 0 Å². The van der Waals surface area contributed by atoms with Gasteiger partial charge in [0.15, 0.2) is 0 Å². The molecular formula is C8H17NO4. The second-order valence-corrected chi connectivity index (χ2v) is 2.72. The first-order valence-corrected chi connectivity index (χ1v) is 4.26. The second-order valence-electron chi connectivity index (χ2n) is 2.72. The summed E-state index contributed by atoms with van der Waals surface area (Å²) in [5.74, 6) is -0.321. The van der Waals surface area contributed by atoms with Crippen molar-refractivity contribution in [2.24, 2.45) is 0 Å². The Kier molecular flexibility index (Phi) is 7.57. The van der Waals surface area contributed by atoms with Gasteiger partial charge in [0, 0.05) is 13.1 Å². The summed E-state index contributed by atoms with van der Waals surface area (Å²) in [6.07, 6.45) is 0.288. The SMILES string of the molecule is CN(CCO)CCC(=O)OCCO. The van der Waals surface area contributed by atoms with Crippen molar-refractivity contribution < 1.29 is 19.7 Å². The zero-order chi connectivity index (χ0) is 10.1. The molecule has 0 aromatic rings. The molecule has 0 saturated heterocycles. The van der Waals surface area contributed by atoms with Crippen molar-refractivity contribution in [1.29, 1.82) is 0 Å². The lowest BCUT2D eigenvalue weighted by Gasteiger charge is -2.13. The van der Waals surface area contributed by atoms with Crippen LogP contribution < -0.4 is 0 Å². The van der Waals surface area contributed by atoms with Crippen molar-refractivity contribution in [1.82, 2.24) is 4.90 Å². The molecule has 0 spiro atoms. The van der Waals surface area contributed by atoms with Crippen LogP contribution >= 0.6 is 0 Å². The predicted octanol–water partition coefficient (Wildman–Crippen LogP) is -1.16. The fourth-order valence-corrected chi connectivity index (χ4v) is 0.796. The van der Waals surface area contributed by atoms with Gasteiger partial charge in [-0.3, -0.25) is 4.79 Å². The van der Waals surface area contributed by atoms with Crippen molar-refractivity contribution in [3.8, 4) is 0 Å². The van der Waals surface area contributed by atoms with Gasteiger partial charge in [-0.15, -0.1) is 0 Å². The van der Waals surface area contributed by atoms with Crippen LogP contribution in [-0.2, 0) is 9.53 Å². The van der Waals surface area contributed by atoms with E-state index in [0.29, 0.717) is 13.1 Å². The van der Waals surface area contributed by atoms with Crippen molar-refractivity contribution in [2.45, 2.75) is 6.42 Å². The second kappa shape index (κ2) is 7.97. The van der Waals surface area contributed by atoms with Crippen LogP contribution in [0.4, 0.5) is 0 Å². The summed E-state index contributed by atoms with van der Waals surface area (Å²) >= 11 is 0. The average molecular weight is 191 g/mol. The molecular weight excluding hydrogens is 174 g/mol. The van der Waals surface area contributed by atoms with Crippen LogP contribution in [0.1, 0.15) is 6.42 Å². The van der Waals surface area contributed by atoms with Crippen LogP contribution in [0.3, 0.4) is 0 Å². The lowest BCUT2D eigenvalue weighted by molar-refractivity contribution is -0.144. The van der Waals surface area contributed by atoms with Crippen molar-refractivity contribution in [2.75, 3.05) is 40.0 Å². The molecule has 0 aromatic heterocycles. The third-order valence-electron chi connectivity index (χ3n) is 1.53. The summed E-state index contributed by atoms with van der Waals surface area (Å²) in [5, 5.41) is 16.9. The molecule has 0 amide bonds. The zero-order valence-electron chi connectivity index (χ0n) is 7.90. The number of carbonyl (C=O) groups is 1. The fourth-order valence-electron chi connectivity index (χ4n) is 0.796. The molecule has 0 bridgehead atoms. The van der Waals surface area contributed by atoms with Gasteiger partial charge in [-0.2, -0.15) is 0 Å². The molecule has 0 fully saturated rings. The summed E-state index contributed by atoms with van der Waals surface area (Å²) in [4.78, 5) is 12.7. The van der Waals surface area contributed by atoms with Gasteiger partial charge in [0.05, 0.1) is 19.6 Å². The first kappa shape index (κ1) is 12.3. The average Bonchev–Trinajstić information content (AvgIpc) is 2.12. The molecule has 0 rings (SSSR count). The Morgan fingerprint density at radius 2 is 2.00 bits per heavy atom. The first-order valence-electron chi connectivity index (χ1n) is 4.26. The highest BCUT2D eigenvalue weighted by Gasteiger charge is 2.04. The van der Waals surface area contributed by atoms with Crippen LogP contribution in [0.2, 0.25) is 0 Å². The van der Waals surface area contributed by atoms with E-state index in [-0.39, 0.29) is 32.2 Å². The highest BCUT2D eigenvalue weighted by atomic mass is 16.5. The van der Waals surface area contributed by atoms with Gasteiger partial charge >= 0.3 is 5.97 Å². The number of rotatable bonds is 7. The van der Waals surface area contributed by atoms with E-state index in [2.05, 4.69) is 4.74 Å². The van der Waals surface area contributed by atoms with Crippen molar-refractivity contribution in [3.05, 3.63) is 0 Å². The Hall–Kier alpha value is -0.650. The van der Waals surface area contributed by atoms with Gasteiger partial charge in [0.2, 0.25) is 0 Å². The standard InChI is InChI=1S/C8H17NO4/c1-9(4-5-10)3-2-8(12)13-7-6-11/h10-11H,2-7H2,1H3. The molecule has 0 aliphatic carbocycles. The van der Waals surface area contributed by atoms with Crippen LogP contribution in [-0.4, -0.2) is 61.0 Å². The van der Waals surface area contributed by atoms with Crippen LogP contribution in [0, 0.1) is 0 Å². The number of carbonyl (C=O) groups excluding carboxylic acids is 1. The normalized spacial score (nSPS) is 10.5. The van der Waals surface area contributed by atoms with Gasteiger partial charge in [-0.25, -0.2) is 0 Å². The molecule has 0 aromatic carbocycles. The molecule has 78 valence electrons. The minimum absolute atomic E-state index is 0.0581. The molecule has 5 nitrogen and oxygen atoms in total. The topological polar surface area (TPSA) is 70.0 Å². The number of aliphatic hydroxyl groups excluding tert-OH is 2. The maximum atomic E-state index is 10.9. The number of esters is 1. The van der Waals surface area contributed by atoms with Crippen molar-refractivity contribution in [3.63, 3.8) is 0 Å². The molecule has 0 saturated carbocycles. The van der Waals surface area contributed by atoms with Gasteiger partial charge in [0.1, 0.15) is 6.61 Å². The molecule has 0 unspecified atom stereocenters. The third-order valence-corrected chi connectivity index (χ3v) is 1.53. The van der Waals surface area contributed by atoms with Gasteiger partial charge in [0.25, 0.3) is 0 Å². The number of hydrogen-bond acceptors (Lipinski definition) is 5. The Bertz CT molecular complexity index is 140.